The fourth-order valence-electron chi connectivity index (χ4n) is 3.26. The molecule has 116 valence electrons. The average Bonchev–Trinajstić information content (AvgIpc) is 2.44. The van der Waals surface area contributed by atoms with Gasteiger partial charge in [-0.25, -0.2) is 4.39 Å². The minimum absolute atomic E-state index is 0.0170. The van der Waals surface area contributed by atoms with Gasteiger partial charge in [-0.3, -0.25) is 4.79 Å². The normalized spacial score (nSPS) is 25.8. The monoisotopic (exact) mass is 312 g/mol. The Labute approximate surface area is 130 Å². The molecule has 0 spiro atoms. The van der Waals surface area contributed by atoms with Crippen molar-refractivity contribution in [2.75, 3.05) is 6.61 Å². The Morgan fingerprint density at radius 2 is 2.29 bits per heavy atom. The third-order valence-electron chi connectivity index (χ3n) is 4.27. The maximum atomic E-state index is 13.5. The van der Waals surface area contributed by atoms with Gasteiger partial charge >= 0.3 is 0 Å². The second kappa shape index (κ2) is 6.89. The van der Waals surface area contributed by atoms with E-state index >= 15 is 0 Å². The topological polar surface area (TPSA) is 26.3 Å². The predicted molar refractivity (Wildman–Crippen MR) is 82.1 cm³/mol. The molecule has 2 rings (SSSR count). The van der Waals surface area contributed by atoms with Gasteiger partial charge in [-0.2, -0.15) is 0 Å². The molecule has 0 N–H and O–H groups in total. The van der Waals surface area contributed by atoms with Crippen molar-refractivity contribution in [3.05, 3.63) is 34.6 Å². The Bertz CT molecular complexity index is 514. The molecule has 0 amide bonds. The van der Waals surface area contributed by atoms with E-state index in [1.165, 1.54) is 6.07 Å². The number of carbonyl (C=O) groups excluding carboxylic acids is 1. The van der Waals surface area contributed by atoms with Crippen molar-refractivity contribution < 1.29 is 13.9 Å². The van der Waals surface area contributed by atoms with Crippen LogP contribution in [0.5, 0.6) is 0 Å². The van der Waals surface area contributed by atoms with Crippen LogP contribution in [0.15, 0.2) is 18.2 Å². The molecule has 21 heavy (non-hydrogen) atoms. The molecule has 2 nitrogen and oxygen atoms in total. The van der Waals surface area contributed by atoms with Crippen LogP contribution in [0.3, 0.4) is 0 Å². The van der Waals surface area contributed by atoms with Crippen LogP contribution in [0.4, 0.5) is 4.39 Å². The zero-order valence-corrected chi connectivity index (χ0v) is 13.4. The third kappa shape index (κ3) is 3.64. The van der Waals surface area contributed by atoms with Crippen molar-refractivity contribution in [3.63, 3.8) is 0 Å². The summed E-state index contributed by atoms with van der Waals surface area (Å²) in [5, 5.41) is 0.0429. The quantitative estimate of drug-likeness (QED) is 0.795. The molecule has 0 bridgehead atoms. The van der Waals surface area contributed by atoms with E-state index in [0.717, 1.165) is 25.7 Å². The molecule has 1 fully saturated rings. The second-order valence-electron chi connectivity index (χ2n) is 5.94. The fraction of sp³-hybridized carbons (Fsp3) is 0.588. The van der Waals surface area contributed by atoms with Gasteiger partial charge in [-0.15, -0.1) is 0 Å². The summed E-state index contributed by atoms with van der Waals surface area (Å²) in [5.41, 5.74) is -0.179. The first-order valence-electron chi connectivity index (χ1n) is 7.58. The molecule has 0 saturated heterocycles. The molecular weight excluding hydrogens is 291 g/mol. The van der Waals surface area contributed by atoms with Crippen LogP contribution in [0, 0.1) is 11.7 Å². The van der Waals surface area contributed by atoms with Gasteiger partial charge in [0.2, 0.25) is 0 Å². The maximum Gasteiger partial charge on any atom is 0.169 e. The molecule has 0 heterocycles. The van der Waals surface area contributed by atoms with Crippen LogP contribution < -0.4 is 0 Å². The van der Waals surface area contributed by atoms with Gasteiger partial charge in [0.1, 0.15) is 11.4 Å². The summed E-state index contributed by atoms with van der Waals surface area (Å²) in [6, 6.07) is 4.59. The van der Waals surface area contributed by atoms with E-state index in [9.17, 15) is 9.18 Å². The number of carbonyl (C=O) groups is 1. The maximum absolute atomic E-state index is 13.5. The van der Waals surface area contributed by atoms with E-state index in [2.05, 4.69) is 6.92 Å². The smallest absolute Gasteiger partial charge is 0.169 e. The predicted octanol–water partition coefficient (Wildman–Crippen LogP) is 4.58. The zero-order chi connectivity index (χ0) is 15.5. The number of hydrogen-bond acceptors (Lipinski definition) is 2. The molecule has 2 atom stereocenters. The van der Waals surface area contributed by atoms with E-state index in [-0.39, 0.29) is 17.2 Å². The fourth-order valence-corrected chi connectivity index (χ4v) is 3.46. The Hall–Kier alpha value is -0.930. The standard InChI is InChI=1S/C17H22ClFO2/c1-3-21-17(9-5-6-12(2)11-17)15(20)10-13-7-4-8-14(19)16(13)18/h4,7-8,12H,3,5-6,9-11H2,1-2H3. The van der Waals surface area contributed by atoms with E-state index in [1.807, 2.05) is 6.92 Å². The van der Waals surface area contributed by atoms with Gasteiger partial charge in [0, 0.05) is 13.0 Å². The first kappa shape index (κ1) is 16.4. The Balaban J connectivity index is 2.21. The number of rotatable bonds is 5. The molecule has 0 radical (unpaired) electrons. The van der Waals surface area contributed by atoms with Crippen LogP contribution in [0.1, 0.15) is 45.1 Å². The molecule has 0 aliphatic heterocycles. The number of halogens is 2. The first-order chi connectivity index (χ1) is 9.98. The minimum atomic E-state index is -0.720. The molecule has 1 aliphatic carbocycles. The van der Waals surface area contributed by atoms with E-state index in [0.29, 0.717) is 18.1 Å². The number of ether oxygens (including phenoxy) is 1. The van der Waals surface area contributed by atoms with Crippen LogP contribution in [-0.2, 0) is 16.0 Å². The summed E-state index contributed by atoms with van der Waals surface area (Å²) in [4.78, 5) is 12.8. The van der Waals surface area contributed by atoms with Crippen molar-refractivity contribution in [2.45, 2.75) is 51.6 Å². The molecule has 1 aromatic carbocycles. The summed E-state index contributed by atoms with van der Waals surface area (Å²) in [5.74, 6) is 0.00469. The molecule has 0 aromatic heterocycles. The number of benzene rings is 1. The summed E-state index contributed by atoms with van der Waals surface area (Å²) < 4.78 is 19.4. The number of Topliss-reactive ketones (excluding diaryl/α,β-unsaturated/α-hetero) is 1. The van der Waals surface area contributed by atoms with Crippen LogP contribution in [0.2, 0.25) is 5.02 Å². The molecule has 4 heteroatoms. The minimum Gasteiger partial charge on any atom is -0.367 e. The number of hydrogen-bond donors (Lipinski definition) is 0. The Morgan fingerprint density at radius 1 is 1.52 bits per heavy atom. The van der Waals surface area contributed by atoms with Crippen molar-refractivity contribution in [2.24, 2.45) is 5.92 Å². The summed E-state index contributed by atoms with van der Waals surface area (Å²) >= 11 is 5.96. The molecule has 1 saturated carbocycles. The van der Waals surface area contributed by atoms with Gasteiger partial charge in [-0.1, -0.05) is 37.1 Å². The average molecular weight is 313 g/mol. The lowest BCUT2D eigenvalue weighted by atomic mass is 9.75. The highest BCUT2D eigenvalue weighted by atomic mass is 35.5. The molecule has 1 aliphatic rings. The highest BCUT2D eigenvalue weighted by Gasteiger charge is 2.42. The zero-order valence-electron chi connectivity index (χ0n) is 12.6. The van der Waals surface area contributed by atoms with Crippen molar-refractivity contribution in [3.8, 4) is 0 Å². The molecule has 2 unspecified atom stereocenters. The lowest BCUT2D eigenvalue weighted by Gasteiger charge is -2.38. The highest BCUT2D eigenvalue weighted by molar-refractivity contribution is 6.31. The van der Waals surface area contributed by atoms with Crippen LogP contribution >= 0.6 is 11.6 Å². The number of ketones is 1. The summed E-state index contributed by atoms with van der Waals surface area (Å²) in [6.45, 7) is 4.56. The highest BCUT2D eigenvalue weighted by Crippen LogP contribution is 2.37. The van der Waals surface area contributed by atoms with Gasteiger partial charge in [-0.05, 0) is 43.7 Å². The van der Waals surface area contributed by atoms with Crippen molar-refractivity contribution in [1.29, 1.82) is 0 Å². The lowest BCUT2D eigenvalue weighted by Crippen LogP contribution is -2.46. The third-order valence-corrected chi connectivity index (χ3v) is 4.69. The van der Waals surface area contributed by atoms with E-state index in [1.54, 1.807) is 12.1 Å². The van der Waals surface area contributed by atoms with Crippen LogP contribution in [0.25, 0.3) is 0 Å². The second-order valence-corrected chi connectivity index (χ2v) is 6.32. The van der Waals surface area contributed by atoms with Crippen molar-refractivity contribution in [1.82, 2.24) is 0 Å². The van der Waals surface area contributed by atoms with Gasteiger partial charge < -0.3 is 4.74 Å². The van der Waals surface area contributed by atoms with E-state index < -0.39 is 11.4 Å². The van der Waals surface area contributed by atoms with Crippen LogP contribution in [-0.4, -0.2) is 18.0 Å². The SMILES string of the molecule is CCOC1(C(=O)Cc2cccc(F)c2Cl)CCCC(C)C1. The molecule has 1 aromatic rings. The van der Waals surface area contributed by atoms with Gasteiger partial charge in [0.05, 0.1) is 5.02 Å². The Kier molecular flexibility index (Phi) is 5.39. The largest absolute Gasteiger partial charge is 0.367 e. The van der Waals surface area contributed by atoms with Crippen molar-refractivity contribution >= 4 is 17.4 Å². The molecular formula is C17H22ClFO2. The van der Waals surface area contributed by atoms with Gasteiger partial charge in [0.25, 0.3) is 0 Å². The van der Waals surface area contributed by atoms with Gasteiger partial charge in [0.15, 0.2) is 5.78 Å². The Morgan fingerprint density at radius 3 is 2.95 bits per heavy atom. The van der Waals surface area contributed by atoms with E-state index in [4.69, 9.17) is 16.3 Å². The summed E-state index contributed by atoms with van der Waals surface area (Å²) in [6.07, 6.45) is 3.74. The first-order valence-corrected chi connectivity index (χ1v) is 7.96. The lowest BCUT2D eigenvalue weighted by molar-refractivity contribution is -0.150. The summed E-state index contributed by atoms with van der Waals surface area (Å²) in [7, 11) is 0.